The smallest absolute Gasteiger partial charge is 0.129 e. The second-order valence-corrected chi connectivity index (χ2v) is 7.71. The van der Waals surface area contributed by atoms with Gasteiger partial charge in [-0.1, -0.05) is 22.9 Å². The van der Waals surface area contributed by atoms with E-state index < -0.39 is 6.10 Å². The first kappa shape index (κ1) is 13.7. The van der Waals surface area contributed by atoms with Gasteiger partial charge in [-0.25, -0.2) is 4.39 Å². The van der Waals surface area contributed by atoms with Gasteiger partial charge in [0.1, 0.15) is 5.82 Å². The number of aliphatic hydroxyl groups is 1. The minimum atomic E-state index is -0.736. The topological polar surface area (TPSA) is 20.2 Å². The maximum Gasteiger partial charge on any atom is 0.129 e. The van der Waals surface area contributed by atoms with E-state index in [1.165, 1.54) is 6.07 Å². The molecule has 0 saturated carbocycles. The fourth-order valence-electron chi connectivity index (χ4n) is 1.91. The monoisotopic (exact) mass is 336 g/mol. The molecule has 3 unspecified atom stereocenters. The molecule has 0 amide bonds. The molecule has 0 radical (unpaired) electrons. The van der Waals surface area contributed by atoms with Crippen molar-refractivity contribution >= 4 is 39.5 Å². The first-order valence-electron chi connectivity index (χ1n) is 5.46. The molecule has 0 spiro atoms. The Hall–Kier alpha value is 0.290. The number of thioether (sulfide) groups is 2. The summed E-state index contributed by atoms with van der Waals surface area (Å²) in [5, 5.41) is 10.7. The highest BCUT2D eigenvalue weighted by Gasteiger charge is 2.31. The van der Waals surface area contributed by atoms with Gasteiger partial charge in [0.2, 0.25) is 0 Å². The van der Waals surface area contributed by atoms with Crippen molar-refractivity contribution in [3.8, 4) is 0 Å². The van der Waals surface area contributed by atoms with Crippen LogP contribution in [0.25, 0.3) is 0 Å². The third kappa shape index (κ3) is 3.19. The molecular formula is C12H14BrFOS2. The molecule has 0 aromatic heterocycles. The van der Waals surface area contributed by atoms with Crippen LogP contribution in [0.4, 0.5) is 4.39 Å². The molecule has 0 aliphatic carbocycles. The van der Waals surface area contributed by atoms with E-state index in [1.54, 1.807) is 23.9 Å². The van der Waals surface area contributed by atoms with E-state index in [2.05, 4.69) is 22.9 Å². The molecule has 1 aliphatic rings. The Bertz CT molecular complexity index is 402. The Morgan fingerprint density at radius 2 is 2.12 bits per heavy atom. The number of rotatable bonds is 2. The van der Waals surface area contributed by atoms with Gasteiger partial charge in [-0.2, -0.15) is 23.5 Å². The van der Waals surface area contributed by atoms with Crippen LogP contribution in [0.3, 0.4) is 0 Å². The molecule has 17 heavy (non-hydrogen) atoms. The van der Waals surface area contributed by atoms with Crippen LogP contribution in [0.15, 0.2) is 22.7 Å². The van der Waals surface area contributed by atoms with Gasteiger partial charge in [-0.15, -0.1) is 0 Å². The predicted molar refractivity (Wildman–Crippen MR) is 77.2 cm³/mol. The molecule has 1 heterocycles. The maximum atomic E-state index is 13.7. The lowest BCUT2D eigenvalue weighted by molar-refractivity contribution is 0.169. The molecule has 1 nitrogen and oxygen atoms in total. The average Bonchev–Trinajstić information content (AvgIpc) is 2.32. The second-order valence-electron chi connectivity index (χ2n) is 4.02. The van der Waals surface area contributed by atoms with Gasteiger partial charge in [-0.3, -0.25) is 0 Å². The van der Waals surface area contributed by atoms with Crippen LogP contribution in [-0.4, -0.2) is 27.1 Å². The Morgan fingerprint density at radius 3 is 2.82 bits per heavy atom. The van der Waals surface area contributed by atoms with Crippen LogP contribution in [0.2, 0.25) is 0 Å². The third-order valence-corrected chi connectivity index (χ3v) is 6.50. The van der Waals surface area contributed by atoms with E-state index in [9.17, 15) is 9.50 Å². The van der Waals surface area contributed by atoms with Crippen molar-refractivity contribution in [3.63, 3.8) is 0 Å². The van der Waals surface area contributed by atoms with Crippen molar-refractivity contribution in [2.24, 2.45) is 0 Å². The molecule has 1 aliphatic heterocycles. The number of hydrogen-bond acceptors (Lipinski definition) is 3. The third-order valence-electron chi connectivity index (χ3n) is 2.82. The first-order chi connectivity index (χ1) is 8.09. The van der Waals surface area contributed by atoms with Crippen molar-refractivity contribution in [2.75, 3.05) is 11.5 Å². The standard InChI is InChI=1S/C12H14BrFOS2/c1-7-12(17-5-4-16-7)11(15)9-6-8(13)2-3-10(9)14/h2-3,6-7,11-12,15H,4-5H2,1H3. The minimum absolute atomic E-state index is 0.0672. The second kappa shape index (κ2) is 5.95. The largest absolute Gasteiger partial charge is 0.387 e. The highest BCUT2D eigenvalue weighted by molar-refractivity contribution is 9.10. The first-order valence-corrected chi connectivity index (χ1v) is 8.35. The van der Waals surface area contributed by atoms with Crippen LogP contribution in [0.5, 0.6) is 0 Å². The SMILES string of the molecule is CC1SCCSC1C(O)c1cc(Br)ccc1F. The zero-order chi connectivity index (χ0) is 12.4. The summed E-state index contributed by atoms with van der Waals surface area (Å²) in [6.07, 6.45) is -0.736. The molecule has 1 saturated heterocycles. The van der Waals surface area contributed by atoms with Crippen LogP contribution in [-0.2, 0) is 0 Å². The molecule has 2 rings (SSSR count). The van der Waals surface area contributed by atoms with Crippen molar-refractivity contribution in [1.82, 2.24) is 0 Å². The highest BCUT2D eigenvalue weighted by atomic mass is 79.9. The van der Waals surface area contributed by atoms with Gasteiger partial charge in [-0.05, 0) is 18.2 Å². The summed E-state index contributed by atoms with van der Waals surface area (Å²) in [4.78, 5) is 0. The number of benzene rings is 1. The Morgan fingerprint density at radius 1 is 1.41 bits per heavy atom. The zero-order valence-corrected chi connectivity index (χ0v) is 12.6. The van der Waals surface area contributed by atoms with Crippen molar-refractivity contribution in [3.05, 3.63) is 34.1 Å². The number of aliphatic hydroxyl groups excluding tert-OH is 1. The van der Waals surface area contributed by atoms with Gasteiger partial charge >= 0.3 is 0 Å². The Labute approximate surface area is 118 Å². The molecule has 3 atom stereocenters. The van der Waals surface area contributed by atoms with E-state index in [-0.39, 0.29) is 11.1 Å². The molecule has 5 heteroatoms. The summed E-state index contributed by atoms with van der Waals surface area (Å²) in [5.74, 6) is 1.80. The summed E-state index contributed by atoms with van der Waals surface area (Å²) in [5.41, 5.74) is 0.395. The van der Waals surface area contributed by atoms with E-state index in [4.69, 9.17) is 0 Å². The predicted octanol–water partition coefficient (Wildman–Crippen LogP) is 3.86. The molecule has 1 N–H and O–H groups in total. The van der Waals surface area contributed by atoms with Crippen molar-refractivity contribution in [2.45, 2.75) is 23.5 Å². The molecular weight excluding hydrogens is 323 g/mol. The lowest BCUT2D eigenvalue weighted by Gasteiger charge is -2.32. The maximum absolute atomic E-state index is 13.7. The fourth-order valence-corrected chi connectivity index (χ4v) is 5.12. The van der Waals surface area contributed by atoms with Gasteiger partial charge in [0, 0.05) is 32.0 Å². The van der Waals surface area contributed by atoms with E-state index in [0.29, 0.717) is 10.8 Å². The molecule has 1 fully saturated rings. The van der Waals surface area contributed by atoms with Crippen LogP contribution in [0.1, 0.15) is 18.6 Å². The van der Waals surface area contributed by atoms with E-state index in [0.717, 1.165) is 16.0 Å². The summed E-state index contributed by atoms with van der Waals surface area (Å²) in [7, 11) is 0. The summed E-state index contributed by atoms with van der Waals surface area (Å²) < 4.78 is 14.5. The lowest BCUT2D eigenvalue weighted by Crippen LogP contribution is -2.29. The summed E-state index contributed by atoms with van der Waals surface area (Å²) >= 11 is 6.89. The molecule has 0 bridgehead atoms. The van der Waals surface area contributed by atoms with Gasteiger partial charge in [0.15, 0.2) is 0 Å². The van der Waals surface area contributed by atoms with Crippen molar-refractivity contribution < 1.29 is 9.50 Å². The Balaban J connectivity index is 2.23. The molecule has 94 valence electrons. The fraction of sp³-hybridized carbons (Fsp3) is 0.500. The zero-order valence-electron chi connectivity index (χ0n) is 9.40. The van der Waals surface area contributed by atoms with E-state index in [1.807, 2.05) is 11.8 Å². The van der Waals surface area contributed by atoms with Gasteiger partial charge in [0.25, 0.3) is 0 Å². The van der Waals surface area contributed by atoms with Gasteiger partial charge in [0.05, 0.1) is 6.10 Å². The molecule has 1 aromatic carbocycles. The summed E-state index contributed by atoms with van der Waals surface area (Å²) in [6.45, 7) is 2.10. The van der Waals surface area contributed by atoms with Gasteiger partial charge < -0.3 is 5.11 Å². The van der Waals surface area contributed by atoms with Crippen LogP contribution < -0.4 is 0 Å². The Kier molecular flexibility index (Phi) is 4.80. The minimum Gasteiger partial charge on any atom is -0.387 e. The van der Waals surface area contributed by atoms with Crippen LogP contribution >= 0.6 is 39.5 Å². The highest BCUT2D eigenvalue weighted by Crippen LogP contribution is 2.39. The quantitative estimate of drug-likeness (QED) is 0.885. The average molecular weight is 337 g/mol. The number of hydrogen-bond donors (Lipinski definition) is 1. The normalized spacial score (nSPS) is 26.8. The van der Waals surface area contributed by atoms with Crippen LogP contribution in [0, 0.1) is 5.82 Å². The lowest BCUT2D eigenvalue weighted by atomic mass is 10.0. The van der Waals surface area contributed by atoms with E-state index >= 15 is 0 Å². The van der Waals surface area contributed by atoms with Crippen molar-refractivity contribution in [1.29, 1.82) is 0 Å². The molecule has 1 aromatic rings. The number of halogens is 2. The summed E-state index contributed by atoms with van der Waals surface area (Å²) in [6, 6.07) is 4.72.